The molecular weight excluding hydrogens is 420 g/mol. The van der Waals surface area contributed by atoms with Gasteiger partial charge in [0.15, 0.2) is 5.58 Å². The standard InChI is InChI=1S/C21H25N4O5S/c1-14(20(22)27)12-25(13-16(26)8-7-15-5-3-2-4-6-15)31(28,29)17-9-10-18-19(11-17)30-21(23)24-18/h2-6,8-11,14,16,26H,7,12-13H2,1H3,(H2,22,27)(H2,23,24). The number of aromatic nitrogens is 1. The van der Waals surface area contributed by atoms with Gasteiger partial charge in [0.1, 0.15) is 5.52 Å². The van der Waals surface area contributed by atoms with Gasteiger partial charge in [-0.3, -0.25) is 4.79 Å². The van der Waals surface area contributed by atoms with Crippen molar-refractivity contribution in [1.82, 2.24) is 9.29 Å². The Kier molecular flexibility index (Phi) is 6.94. The molecule has 0 spiro atoms. The summed E-state index contributed by atoms with van der Waals surface area (Å²) in [5, 5.41) is 10.5. The lowest BCUT2D eigenvalue weighted by molar-refractivity contribution is -0.121. The van der Waals surface area contributed by atoms with Crippen molar-refractivity contribution in [1.29, 1.82) is 0 Å². The fraction of sp³-hybridized carbons (Fsp3) is 0.286. The number of nitrogen functional groups attached to an aromatic ring is 1. The quantitative estimate of drug-likeness (QED) is 0.425. The monoisotopic (exact) mass is 445 g/mol. The van der Waals surface area contributed by atoms with Crippen LogP contribution in [0.4, 0.5) is 6.01 Å². The highest BCUT2D eigenvalue weighted by molar-refractivity contribution is 7.89. The summed E-state index contributed by atoms with van der Waals surface area (Å²) in [6.45, 7) is 1.12. The van der Waals surface area contributed by atoms with Gasteiger partial charge in [-0.25, -0.2) is 8.42 Å². The van der Waals surface area contributed by atoms with Gasteiger partial charge >= 0.3 is 0 Å². The van der Waals surface area contributed by atoms with Gasteiger partial charge in [0.25, 0.3) is 6.01 Å². The molecule has 10 heteroatoms. The zero-order chi connectivity index (χ0) is 22.6. The number of nitrogens with two attached hydrogens (primary N) is 2. The van der Waals surface area contributed by atoms with Gasteiger partial charge in [-0.1, -0.05) is 37.3 Å². The summed E-state index contributed by atoms with van der Waals surface area (Å²) >= 11 is 0. The number of carbonyl (C=O) groups excluding carboxylic acids is 1. The Balaban J connectivity index is 1.82. The topological polar surface area (TPSA) is 153 Å². The van der Waals surface area contributed by atoms with Crippen LogP contribution in [0, 0.1) is 12.3 Å². The number of rotatable bonds is 10. The van der Waals surface area contributed by atoms with Crippen molar-refractivity contribution in [3.05, 3.63) is 60.5 Å². The van der Waals surface area contributed by atoms with E-state index in [1.54, 1.807) is 6.42 Å². The zero-order valence-corrected chi connectivity index (χ0v) is 17.8. The molecule has 1 amide bonds. The van der Waals surface area contributed by atoms with Crippen LogP contribution in [0.5, 0.6) is 0 Å². The Labute approximate surface area is 180 Å². The van der Waals surface area contributed by atoms with E-state index in [-0.39, 0.29) is 29.6 Å². The van der Waals surface area contributed by atoms with E-state index in [4.69, 9.17) is 15.9 Å². The second kappa shape index (κ2) is 9.46. The molecule has 2 aromatic carbocycles. The molecule has 3 aromatic rings. The lowest BCUT2D eigenvalue weighted by Crippen LogP contribution is -2.42. The Morgan fingerprint density at radius 2 is 1.94 bits per heavy atom. The Bertz CT molecular complexity index is 1150. The molecule has 0 aliphatic rings. The molecule has 1 heterocycles. The third-order valence-corrected chi connectivity index (χ3v) is 6.66. The summed E-state index contributed by atoms with van der Waals surface area (Å²) in [6.07, 6.45) is 1.03. The van der Waals surface area contributed by atoms with Crippen LogP contribution in [0.15, 0.2) is 57.8 Å². The van der Waals surface area contributed by atoms with Crippen molar-refractivity contribution in [2.45, 2.75) is 24.3 Å². The van der Waals surface area contributed by atoms with Crippen LogP contribution in [0.1, 0.15) is 12.5 Å². The lowest BCUT2D eigenvalue weighted by Gasteiger charge is -2.26. The van der Waals surface area contributed by atoms with E-state index in [0.29, 0.717) is 11.9 Å². The summed E-state index contributed by atoms with van der Waals surface area (Å²) in [5.41, 5.74) is 12.5. The van der Waals surface area contributed by atoms with E-state index in [2.05, 4.69) is 4.98 Å². The maximum Gasteiger partial charge on any atom is 0.292 e. The highest BCUT2D eigenvalue weighted by Gasteiger charge is 2.30. The van der Waals surface area contributed by atoms with Crippen LogP contribution in [0.25, 0.3) is 11.1 Å². The van der Waals surface area contributed by atoms with Gasteiger partial charge in [-0.15, -0.1) is 0 Å². The number of benzene rings is 2. The lowest BCUT2D eigenvalue weighted by atomic mass is 10.1. The number of carbonyl (C=O) groups is 1. The molecule has 0 fully saturated rings. The first-order valence-electron chi connectivity index (χ1n) is 9.67. The van der Waals surface area contributed by atoms with Crippen LogP contribution in [0.3, 0.4) is 0 Å². The number of fused-ring (bicyclic) bond motifs is 1. The fourth-order valence-corrected chi connectivity index (χ4v) is 4.63. The number of nitrogens with zero attached hydrogens (tertiary/aromatic N) is 2. The molecule has 1 radical (unpaired) electrons. The van der Waals surface area contributed by atoms with Crippen LogP contribution in [0.2, 0.25) is 0 Å². The van der Waals surface area contributed by atoms with Gasteiger partial charge in [0, 0.05) is 25.1 Å². The number of hydrogen-bond acceptors (Lipinski definition) is 7. The first-order valence-corrected chi connectivity index (χ1v) is 11.1. The number of sulfonamides is 1. The predicted molar refractivity (Wildman–Crippen MR) is 116 cm³/mol. The van der Waals surface area contributed by atoms with E-state index in [9.17, 15) is 18.3 Å². The third kappa shape index (κ3) is 5.60. The van der Waals surface area contributed by atoms with Crippen LogP contribution in [-0.2, 0) is 21.2 Å². The minimum absolute atomic E-state index is 0.0666. The summed E-state index contributed by atoms with van der Waals surface area (Å²) in [6, 6.07) is 13.6. The van der Waals surface area contributed by atoms with Crippen molar-refractivity contribution in [3.8, 4) is 0 Å². The second-order valence-electron chi connectivity index (χ2n) is 7.30. The molecular formula is C21H25N4O5S. The molecule has 2 atom stereocenters. The van der Waals surface area contributed by atoms with Crippen molar-refractivity contribution in [2.75, 3.05) is 18.8 Å². The molecule has 5 N–H and O–H groups in total. The molecule has 0 saturated carbocycles. The number of aliphatic hydroxyl groups excluding tert-OH is 1. The maximum atomic E-state index is 13.3. The number of hydrogen-bond donors (Lipinski definition) is 3. The highest BCUT2D eigenvalue weighted by atomic mass is 32.2. The Hall–Kier alpha value is -2.95. The van der Waals surface area contributed by atoms with Crippen molar-refractivity contribution >= 4 is 33.0 Å². The summed E-state index contributed by atoms with van der Waals surface area (Å²) < 4.78 is 32.9. The molecule has 0 aliphatic heterocycles. The van der Waals surface area contributed by atoms with Crippen molar-refractivity contribution < 1.29 is 22.7 Å². The SMILES string of the molecule is CC(CN(CC(O)[CH]Cc1ccccc1)S(=O)(=O)c1ccc2nc(N)oc2c1)C(N)=O. The second-order valence-corrected chi connectivity index (χ2v) is 9.24. The minimum Gasteiger partial charge on any atom is -0.424 e. The Morgan fingerprint density at radius 3 is 2.61 bits per heavy atom. The number of anilines is 1. The fourth-order valence-electron chi connectivity index (χ4n) is 3.07. The molecule has 0 bridgehead atoms. The van der Waals surface area contributed by atoms with Gasteiger partial charge < -0.3 is 21.0 Å². The normalized spacial score (nSPS) is 14.0. The third-order valence-electron chi connectivity index (χ3n) is 4.84. The van der Waals surface area contributed by atoms with E-state index in [1.165, 1.54) is 25.1 Å². The summed E-state index contributed by atoms with van der Waals surface area (Å²) in [5.74, 6) is -1.39. The molecule has 9 nitrogen and oxygen atoms in total. The number of amides is 1. The molecule has 165 valence electrons. The van der Waals surface area contributed by atoms with Gasteiger partial charge in [0.2, 0.25) is 15.9 Å². The van der Waals surface area contributed by atoms with Crippen LogP contribution in [-0.4, -0.2) is 47.9 Å². The van der Waals surface area contributed by atoms with E-state index < -0.39 is 28.0 Å². The average Bonchev–Trinajstić information content (AvgIpc) is 3.11. The van der Waals surface area contributed by atoms with E-state index in [0.717, 1.165) is 9.87 Å². The Morgan fingerprint density at radius 1 is 1.23 bits per heavy atom. The van der Waals surface area contributed by atoms with Crippen molar-refractivity contribution in [2.24, 2.45) is 11.7 Å². The van der Waals surface area contributed by atoms with Crippen LogP contribution >= 0.6 is 0 Å². The number of oxazole rings is 1. The summed E-state index contributed by atoms with van der Waals surface area (Å²) in [4.78, 5) is 15.4. The molecule has 3 rings (SSSR count). The first-order chi connectivity index (χ1) is 14.7. The predicted octanol–water partition coefficient (Wildman–Crippen LogP) is 1.33. The summed E-state index contributed by atoms with van der Waals surface area (Å²) in [7, 11) is -4.07. The maximum absolute atomic E-state index is 13.3. The molecule has 1 aromatic heterocycles. The highest BCUT2D eigenvalue weighted by Crippen LogP contribution is 2.24. The molecule has 0 aliphatic carbocycles. The van der Waals surface area contributed by atoms with Gasteiger partial charge in [-0.2, -0.15) is 9.29 Å². The average molecular weight is 446 g/mol. The largest absolute Gasteiger partial charge is 0.424 e. The number of primary amides is 1. The van der Waals surface area contributed by atoms with Crippen molar-refractivity contribution in [3.63, 3.8) is 0 Å². The molecule has 31 heavy (non-hydrogen) atoms. The molecule has 0 saturated heterocycles. The molecule has 2 unspecified atom stereocenters. The first kappa shape index (κ1) is 22.7. The van der Waals surface area contributed by atoms with Gasteiger partial charge in [0.05, 0.1) is 11.0 Å². The smallest absolute Gasteiger partial charge is 0.292 e. The van der Waals surface area contributed by atoms with Gasteiger partial charge in [-0.05, 0) is 30.5 Å². The number of aliphatic hydroxyl groups is 1. The van der Waals surface area contributed by atoms with E-state index >= 15 is 0 Å². The minimum atomic E-state index is -4.07. The van der Waals surface area contributed by atoms with Crippen LogP contribution < -0.4 is 11.5 Å². The zero-order valence-electron chi connectivity index (χ0n) is 17.0. The van der Waals surface area contributed by atoms with E-state index in [1.807, 2.05) is 30.3 Å².